The van der Waals surface area contributed by atoms with Crippen LogP contribution in [-0.2, 0) is 22.4 Å². The van der Waals surface area contributed by atoms with Gasteiger partial charge in [0.1, 0.15) is 0 Å². The summed E-state index contributed by atoms with van der Waals surface area (Å²) in [6.07, 6.45) is 1.64. The zero-order valence-corrected chi connectivity index (χ0v) is 14.9. The van der Waals surface area contributed by atoms with E-state index in [0.29, 0.717) is 11.3 Å². The summed E-state index contributed by atoms with van der Waals surface area (Å²) < 4.78 is 5.16. The van der Waals surface area contributed by atoms with Gasteiger partial charge in [0.2, 0.25) is 0 Å². The molecule has 0 aliphatic carbocycles. The predicted molar refractivity (Wildman–Crippen MR) is 100 cm³/mol. The molecule has 5 nitrogen and oxygen atoms in total. The second-order valence-electron chi connectivity index (χ2n) is 5.58. The Morgan fingerprint density at radius 1 is 0.960 bits per heavy atom. The third-order valence-electron chi connectivity index (χ3n) is 4.01. The molecule has 132 valence electrons. The molecule has 0 bridgehead atoms. The van der Waals surface area contributed by atoms with Crippen molar-refractivity contribution in [3.63, 3.8) is 0 Å². The fraction of sp³-hybridized carbons (Fsp3) is 0.300. The first-order valence-electron chi connectivity index (χ1n) is 8.45. The molecular weight excluding hydrogens is 316 g/mol. The number of benzene rings is 2. The lowest BCUT2D eigenvalue weighted by Gasteiger charge is -2.14. The summed E-state index contributed by atoms with van der Waals surface area (Å²) in [5, 5.41) is 5.82. The number of hydrogen-bond donors (Lipinski definition) is 2. The molecule has 2 aromatic rings. The number of hydrogen-bond acceptors (Lipinski definition) is 4. The molecule has 0 aliphatic heterocycles. The number of amides is 1. The molecule has 0 saturated heterocycles. The molecular formula is C20H24N2O3. The van der Waals surface area contributed by atoms with Gasteiger partial charge in [0, 0.05) is 18.4 Å². The Bertz CT molecular complexity index is 734. The number of nitrogens with one attached hydrogen (secondary N) is 2. The van der Waals surface area contributed by atoms with Crippen LogP contribution < -0.4 is 10.6 Å². The van der Waals surface area contributed by atoms with Gasteiger partial charge < -0.3 is 15.4 Å². The van der Waals surface area contributed by atoms with Gasteiger partial charge >= 0.3 is 5.97 Å². The maximum absolute atomic E-state index is 12.2. The smallest absolute Gasteiger partial charge is 0.340 e. The van der Waals surface area contributed by atoms with Crippen LogP contribution >= 0.6 is 0 Å². The van der Waals surface area contributed by atoms with Crippen LogP contribution in [0.4, 0.5) is 11.4 Å². The van der Waals surface area contributed by atoms with Gasteiger partial charge in [-0.25, -0.2) is 4.79 Å². The minimum atomic E-state index is -0.528. The maximum Gasteiger partial charge on any atom is 0.340 e. The van der Waals surface area contributed by atoms with Crippen LogP contribution in [0.2, 0.25) is 0 Å². The van der Waals surface area contributed by atoms with Gasteiger partial charge in [0.25, 0.3) is 5.91 Å². The Morgan fingerprint density at radius 3 is 2.20 bits per heavy atom. The molecule has 2 aromatic carbocycles. The number of ether oxygens (including phenoxy) is 1. The molecule has 0 spiro atoms. The van der Waals surface area contributed by atoms with Crippen molar-refractivity contribution in [3.05, 3.63) is 59.2 Å². The van der Waals surface area contributed by atoms with Crippen molar-refractivity contribution >= 4 is 23.3 Å². The second kappa shape index (κ2) is 8.87. The molecule has 25 heavy (non-hydrogen) atoms. The van der Waals surface area contributed by atoms with E-state index in [-0.39, 0.29) is 12.5 Å². The van der Waals surface area contributed by atoms with Crippen LogP contribution in [0.1, 0.15) is 35.3 Å². The zero-order valence-electron chi connectivity index (χ0n) is 14.9. The van der Waals surface area contributed by atoms with E-state index in [1.54, 1.807) is 25.2 Å². The van der Waals surface area contributed by atoms with Crippen molar-refractivity contribution in [2.45, 2.75) is 26.7 Å². The second-order valence-corrected chi connectivity index (χ2v) is 5.58. The van der Waals surface area contributed by atoms with E-state index < -0.39 is 5.97 Å². The number of carbonyl (C=O) groups is 2. The van der Waals surface area contributed by atoms with Crippen molar-refractivity contribution in [2.24, 2.45) is 0 Å². The van der Waals surface area contributed by atoms with Gasteiger partial charge in [-0.2, -0.15) is 0 Å². The molecule has 0 heterocycles. The number of carbonyl (C=O) groups excluding carboxylic acids is 2. The zero-order chi connectivity index (χ0) is 18.2. The van der Waals surface area contributed by atoms with Gasteiger partial charge in [-0.3, -0.25) is 4.79 Å². The fourth-order valence-corrected chi connectivity index (χ4v) is 2.67. The summed E-state index contributed by atoms with van der Waals surface area (Å²) in [6.45, 7) is 3.76. The van der Waals surface area contributed by atoms with Crippen LogP contribution in [0.3, 0.4) is 0 Å². The Balaban J connectivity index is 2.03. The van der Waals surface area contributed by atoms with Crippen LogP contribution in [0.15, 0.2) is 42.5 Å². The maximum atomic E-state index is 12.2. The van der Waals surface area contributed by atoms with E-state index in [9.17, 15) is 9.59 Å². The quantitative estimate of drug-likeness (QED) is 0.755. The van der Waals surface area contributed by atoms with Crippen molar-refractivity contribution in [2.75, 3.05) is 24.3 Å². The first-order chi connectivity index (χ1) is 12.1. The van der Waals surface area contributed by atoms with Crippen LogP contribution in [0.5, 0.6) is 0 Å². The number of para-hydroxylation sites is 2. The summed E-state index contributed by atoms with van der Waals surface area (Å²) in [6, 6.07) is 13.0. The molecule has 0 aliphatic rings. The summed E-state index contributed by atoms with van der Waals surface area (Å²) in [4.78, 5) is 24.4. The SMILES string of the molecule is CCc1cccc(CC)c1NC(=O)COC(=O)c1ccccc1NC. The molecule has 0 unspecified atom stereocenters. The lowest BCUT2D eigenvalue weighted by Crippen LogP contribution is -2.22. The summed E-state index contributed by atoms with van der Waals surface area (Å²) in [5.74, 6) is -0.870. The van der Waals surface area contributed by atoms with Gasteiger partial charge in [0.05, 0.1) is 5.56 Å². The number of rotatable bonds is 7. The van der Waals surface area contributed by atoms with Crippen molar-refractivity contribution < 1.29 is 14.3 Å². The van der Waals surface area contributed by atoms with Crippen LogP contribution in [0.25, 0.3) is 0 Å². The van der Waals surface area contributed by atoms with Crippen LogP contribution in [-0.4, -0.2) is 25.5 Å². The molecule has 2 N–H and O–H groups in total. The topological polar surface area (TPSA) is 67.4 Å². The van der Waals surface area contributed by atoms with Gasteiger partial charge in [-0.15, -0.1) is 0 Å². The largest absolute Gasteiger partial charge is 0.452 e. The highest BCUT2D eigenvalue weighted by Crippen LogP contribution is 2.22. The number of anilines is 2. The standard InChI is InChI=1S/C20H24N2O3/c1-4-14-9-8-10-15(5-2)19(14)22-18(23)13-25-20(24)16-11-6-7-12-17(16)21-3/h6-12,21H,4-5,13H2,1-3H3,(H,22,23). The highest BCUT2D eigenvalue weighted by Gasteiger charge is 2.15. The minimum absolute atomic E-state index is 0.321. The molecule has 2 rings (SSSR count). The van der Waals surface area contributed by atoms with Gasteiger partial charge in [0.15, 0.2) is 6.61 Å². The average Bonchev–Trinajstić information content (AvgIpc) is 2.66. The number of esters is 1. The van der Waals surface area contributed by atoms with Crippen molar-refractivity contribution in [1.82, 2.24) is 0 Å². The first kappa shape index (κ1) is 18.5. The fourth-order valence-electron chi connectivity index (χ4n) is 2.67. The average molecular weight is 340 g/mol. The predicted octanol–water partition coefficient (Wildman–Crippen LogP) is 3.65. The molecule has 0 aromatic heterocycles. The van der Waals surface area contributed by atoms with Crippen molar-refractivity contribution in [3.8, 4) is 0 Å². The van der Waals surface area contributed by atoms with E-state index >= 15 is 0 Å². The normalized spacial score (nSPS) is 10.2. The molecule has 5 heteroatoms. The molecule has 0 radical (unpaired) electrons. The minimum Gasteiger partial charge on any atom is -0.452 e. The third-order valence-corrected chi connectivity index (χ3v) is 4.01. The lowest BCUT2D eigenvalue weighted by atomic mass is 10.0. The van der Waals surface area contributed by atoms with E-state index in [4.69, 9.17) is 4.74 Å². The number of aryl methyl sites for hydroxylation is 2. The summed E-state index contributed by atoms with van der Waals surface area (Å²) in [7, 11) is 1.73. The molecule has 0 fully saturated rings. The van der Waals surface area contributed by atoms with E-state index in [2.05, 4.69) is 10.6 Å². The molecule has 0 saturated carbocycles. The first-order valence-corrected chi connectivity index (χ1v) is 8.45. The Labute approximate surface area is 148 Å². The van der Waals surface area contributed by atoms with E-state index in [1.807, 2.05) is 38.1 Å². The van der Waals surface area contributed by atoms with Crippen LogP contribution in [0, 0.1) is 0 Å². The third kappa shape index (κ3) is 4.59. The highest BCUT2D eigenvalue weighted by molar-refractivity contribution is 5.99. The van der Waals surface area contributed by atoms with Crippen molar-refractivity contribution in [1.29, 1.82) is 0 Å². The lowest BCUT2D eigenvalue weighted by molar-refractivity contribution is -0.119. The van der Waals surface area contributed by atoms with Gasteiger partial charge in [-0.05, 0) is 36.1 Å². The van der Waals surface area contributed by atoms with E-state index in [0.717, 1.165) is 29.7 Å². The molecule has 0 atom stereocenters. The van der Waals surface area contributed by atoms with E-state index in [1.165, 1.54) is 0 Å². The summed E-state index contributed by atoms with van der Waals surface area (Å²) >= 11 is 0. The summed E-state index contributed by atoms with van der Waals surface area (Å²) in [5.41, 5.74) is 4.03. The Hall–Kier alpha value is -2.82. The highest BCUT2D eigenvalue weighted by atomic mass is 16.5. The van der Waals surface area contributed by atoms with Gasteiger partial charge in [-0.1, -0.05) is 44.2 Å². The monoisotopic (exact) mass is 340 g/mol. The molecule has 1 amide bonds. The Morgan fingerprint density at radius 2 is 1.60 bits per heavy atom. The Kier molecular flexibility index (Phi) is 6.57.